The fourth-order valence-electron chi connectivity index (χ4n) is 6.34. The average molecular weight is 623 g/mol. The molecule has 0 N–H and O–H groups in total. The molecule has 220 valence electrons. The first-order chi connectivity index (χ1) is 23.2. The molecule has 0 radical (unpaired) electrons. The number of thiophene rings is 1. The van der Waals surface area contributed by atoms with Crippen molar-refractivity contribution in [1.29, 1.82) is 0 Å². The Morgan fingerprint density at radius 2 is 1.09 bits per heavy atom. The zero-order valence-corrected chi connectivity index (χ0v) is 25.5. The Morgan fingerprint density at radius 3 is 1.85 bits per heavy atom. The maximum atomic E-state index is 6.42. The van der Waals surface area contributed by atoms with Crippen LogP contribution in [0.5, 0.6) is 0 Å². The summed E-state index contributed by atoms with van der Waals surface area (Å²) in [6.45, 7) is 0. The summed E-state index contributed by atoms with van der Waals surface area (Å²) in [4.78, 5) is 19.6. The third-order valence-corrected chi connectivity index (χ3v) is 9.69. The summed E-state index contributed by atoms with van der Waals surface area (Å²) < 4.78 is 14.8. The van der Waals surface area contributed by atoms with E-state index in [-0.39, 0.29) is 0 Å². The monoisotopic (exact) mass is 622 g/mol. The van der Waals surface area contributed by atoms with Gasteiger partial charge in [-0.15, -0.1) is 11.3 Å². The number of hydrogen-bond acceptors (Lipinski definition) is 7. The molecule has 0 atom stereocenters. The van der Waals surface area contributed by atoms with Gasteiger partial charge in [0, 0.05) is 59.3 Å². The molecule has 0 aliphatic heterocycles. The number of fused-ring (bicyclic) bond motifs is 7. The molecule has 0 aliphatic rings. The normalized spacial score (nSPS) is 11.8. The molecule has 6 aromatic carbocycles. The van der Waals surface area contributed by atoms with E-state index in [0.717, 1.165) is 75.5 Å². The van der Waals surface area contributed by atoms with Crippen LogP contribution >= 0.6 is 11.3 Å². The van der Waals surface area contributed by atoms with E-state index in [9.17, 15) is 0 Å². The average Bonchev–Trinajstić information content (AvgIpc) is 3.83. The van der Waals surface area contributed by atoms with Gasteiger partial charge < -0.3 is 8.83 Å². The Hall–Kier alpha value is -6.18. The first kappa shape index (κ1) is 26.1. The molecule has 6 nitrogen and oxygen atoms in total. The Morgan fingerprint density at radius 1 is 0.426 bits per heavy atom. The Labute approximate surface area is 271 Å². The highest BCUT2D eigenvalue weighted by atomic mass is 32.1. The van der Waals surface area contributed by atoms with E-state index in [1.54, 1.807) is 11.3 Å². The van der Waals surface area contributed by atoms with Crippen LogP contribution in [0, 0.1) is 0 Å². The van der Waals surface area contributed by atoms with Crippen molar-refractivity contribution < 1.29 is 8.83 Å². The van der Waals surface area contributed by atoms with Gasteiger partial charge in [0.05, 0.1) is 0 Å². The molecule has 47 heavy (non-hydrogen) atoms. The van der Waals surface area contributed by atoms with E-state index < -0.39 is 0 Å². The minimum absolute atomic E-state index is 0.583. The molecule has 4 aromatic heterocycles. The number of oxazole rings is 1. The van der Waals surface area contributed by atoms with Crippen LogP contribution in [-0.2, 0) is 0 Å². The van der Waals surface area contributed by atoms with E-state index >= 15 is 0 Å². The van der Waals surface area contributed by atoms with Gasteiger partial charge in [-0.05, 0) is 30.3 Å². The summed E-state index contributed by atoms with van der Waals surface area (Å²) in [5, 5.41) is 4.36. The van der Waals surface area contributed by atoms with Gasteiger partial charge in [-0.25, -0.2) is 19.9 Å². The van der Waals surface area contributed by atoms with E-state index in [1.807, 2.05) is 97.1 Å². The largest absolute Gasteiger partial charge is 0.456 e. The number of aromatic nitrogens is 4. The van der Waals surface area contributed by atoms with Gasteiger partial charge in [0.2, 0.25) is 5.89 Å². The molecule has 0 bridgehead atoms. The summed E-state index contributed by atoms with van der Waals surface area (Å²) in [5.41, 5.74) is 6.99. The quantitative estimate of drug-likeness (QED) is 0.194. The van der Waals surface area contributed by atoms with Gasteiger partial charge in [0.1, 0.15) is 16.7 Å². The van der Waals surface area contributed by atoms with Crippen molar-refractivity contribution in [3.05, 3.63) is 133 Å². The predicted molar refractivity (Wildman–Crippen MR) is 189 cm³/mol. The van der Waals surface area contributed by atoms with Crippen LogP contribution in [0.2, 0.25) is 0 Å². The summed E-state index contributed by atoms with van der Waals surface area (Å²) in [6.07, 6.45) is 0. The molecule has 10 aromatic rings. The Balaban J connectivity index is 1.09. The lowest BCUT2D eigenvalue weighted by Crippen LogP contribution is -1.99. The number of para-hydroxylation sites is 1. The lowest BCUT2D eigenvalue weighted by Gasteiger charge is -2.08. The molecule has 0 saturated carbocycles. The molecule has 10 rings (SSSR count). The van der Waals surface area contributed by atoms with Crippen molar-refractivity contribution in [3.63, 3.8) is 0 Å². The standard InChI is InChI=1S/C40H22N4O2S/c1-3-10-23(11-4-1)37-42-38(24-12-5-2-6-13-24)44-39(43-37)25-18-19-26-29-21-30-33(22-35(29)47-34(26)20-25)46-40(41-30)28-15-9-17-32-36(28)27-14-7-8-16-31(27)45-32/h1-22H. The van der Waals surface area contributed by atoms with Gasteiger partial charge >= 0.3 is 0 Å². The van der Waals surface area contributed by atoms with Crippen molar-refractivity contribution in [2.75, 3.05) is 0 Å². The summed E-state index contributed by atoms with van der Waals surface area (Å²) in [6, 6.07) is 44.8. The third-order valence-electron chi connectivity index (χ3n) is 8.57. The van der Waals surface area contributed by atoms with Crippen LogP contribution in [0.1, 0.15) is 0 Å². The molecule has 7 heteroatoms. The second-order valence-corrected chi connectivity index (χ2v) is 12.5. The fourth-order valence-corrected chi connectivity index (χ4v) is 7.50. The maximum absolute atomic E-state index is 6.42. The number of nitrogens with zero attached hydrogens (tertiary/aromatic N) is 4. The zero-order chi connectivity index (χ0) is 30.9. The van der Waals surface area contributed by atoms with Gasteiger partial charge in [-0.1, -0.05) is 97.1 Å². The van der Waals surface area contributed by atoms with E-state index in [1.165, 1.54) is 0 Å². The molecule has 0 aliphatic carbocycles. The minimum Gasteiger partial charge on any atom is -0.456 e. The molecule has 0 amide bonds. The van der Waals surface area contributed by atoms with Gasteiger partial charge in [0.15, 0.2) is 23.1 Å². The van der Waals surface area contributed by atoms with E-state index in [4.69, 9.17) is 28.8 Å². The lowest BCUT2D eigenvalue weighted by molar-refractivity contribution is 0.620. The number of furan rings is 1. The van der Waals surface area contributed by atoms with E-state index in [2.05, 4.69) is 36.4 Å². The van der Waals surface area contributed by atoms with Crippen LogP contribution in [0.4, 0.5) is 0 Å². The lowest BCUT2D eigenvalue weighted by atomic mass is 10.1. The first-order valence-electron chi connectivity index (χ1n) is 15.3. The van der Waals surface area contributed by atoms with Gasteiger partial charge in [0.25, 0.3) is 0 Å². The minimum atomic E-state index is 0.583. The highest BCUT2D eigenvalue weighted by Gasteiger charge is 2.19. The van der Waals surface area contributed by atoms with Crippen LogP contribution < -0.4 is 0 Å². The molecule has 0 fully saturated rings. The van der Waals surface area contributed by atoms with Crippen LogP contribution in [0.25, 0.3) is 98.8 Å². The highest BCUT2D eigenvalue weighted by Crippen LogP contribution is 2.41. The molecule has 0 unspecified atom stereocenters. The number of hydrogen-bond donors (Lipinski definition) is 0. The SMILES string of the molecule is c1ccc(-c2nc(-c3ccccc3)nc(-c3ccc4c(c3)sc3cc5oc(-c6cccc7oc8ccccc8c67)nc5cc34)n2)cc1. The summed E-state index contributed by atoms with van der Waals surface area (Å²) in [7, 11) is 0. The second kappa shape index (κ2) is 10.2. The van der Waals surface area contributed by atoms with Crippen molar-refractivity contribution >= 4 is 64.5 Å². The van der Waals surface area contributed by atoms with E-state index in [0.29, 0.717) is 23.4 Å². The summed E-state index contributed by atoms with van der Waals surface area (Å²) in [5.74, 6) is 2.51. The molecule has 0 spiro atoms. The first-order valence-corrected chi connectivity index (χ1v) is 16.1. The molecule has 4 heterocycles. The highest BCUT2D eigenvalue weighted by molar-refractivity contribution is 7.25. The van der Waals surface area contributed by atoms with Crippen molar-refractivity contribution in [2.24, 2.45) is 0 Å². The number of benzene rings is 6. The Bertz CT molecular complexity index is 2740. The summed E-state index contributed by atoms with van der Waals surface area (Å²) >= 11 is 1.72. The molecular weight excluding hydrogens is 601 g/mol. The van der Waals surface area contributed by atoms with Crippen LogP contribution in [0.15, 0.2) is 142 Å². The third kappa shape index (κ3) is 4.25. The van der Waals surface area contributed by atoms with Crippen LogP contribution in [-0.4, -0.2) is 19.9 Å². The van der Waals surface area contributed by atoms with Crippen molar-refractivity contribution in [3.8, 4) is 45.6 Å². The van der Waals surface area contributed by atoms with Crippen molar-refractivity contribution in [2.45, 2.75) is 0 Å². The maximum Gasteiger partial charge on any atom is 0.228 e. The van der Waals surface area contributed by atoms with Crippen molar-refractivity contribution in [1.82, 2.24) is 19.9 Å². The topological polar surface area (TPSA) is 77.8 Å². The predicted octanol–water partition coefficient (Wildman–Crippen LogP) is 10.9. The number of rotatable bonds is 4. The molecular formula is C40H22N4O2S. The van der Waals surface area contributed by atoms with Crippen LogP contribution in [0.3, 0.4) is 0 Å². The zero-order valence-electron chi connectivity index (χ0n) is 24.7. The Kier molecular flexibility index (Phi) is 5.64. The second-order valence-electron chi connectivity index (χ2n) is 11.5. The molecule has 0 saturated heterocycles. The smallest absolute Gasteiger partial charge is 0.228 e. The van der Waals surface area contributed by atoms with Gasteiger partial charge in [-0.2, -0.15) is 0 Å². The fraction of sp³-hybridized carbons (Fsp3) is 0. The van der Waals surface area contributed by atoms with Gasteiger partial charge in [-0.3, -0.25) is 0 Å².